The van der Waals surface area contributed by atoms with E-state index in [1.807, 2.05) is 32.0 Å². The van der Waals surface area contributed by atoms with Crippen LogP contribution < -0.4 is 11.2 Å². The van der Waals surface area contributed by atoms with Gasteiger partial charge < -0.3 is 4.74 Å². The van der Waals surface area contributed by atoms with Crippen LogP contribution in [-0.4, -0.2) is 24.7 Å². The van der Waals surface area contributed by atoms with Crippen LogP contribution in [0.5, 0.6) is 0 Å². The van der Waals surface area contributed by atoms with Gasteiger partial charge in [0.05, 0.1) is 0 Å². The molecule has 3 rings (SSSR count). The molecule has 0 saturated carbocycles. The van der Waals surface area contributed by atoms with Crippen molar-refractivity contribution < 1.29 is 9.53 Å². The lowest BCUT2D eigenvalue weighted by Gasteiger charge is -2.20. The zero-order valence-electron chi connectivity index (χ0n) is 15.7. The Hall–Kier alpha value is -3.16. The molecule has 1 unspecified atom stereocenters. The van der Waals surface area contributed by atoms with Gasteiger partial charge in [0.15, 0.2) is 11.2 Å². The van der Waals surface area contributed by atoms with Crippen LogP contribution in [0.4, 0.5) is 0 Å². The Kier molecular flexibility index (Phi) is 4.98. The van der Waals surface area contributed by atoms with Crippen LogP contribution in [0.25, 0.3) is 11.2 Å². The Morgan fingerprint density at radius 1 is 1.19 bits per heavy atom. The number of hydrogen-bond donors (Lipinski definition) is 0. The molecule has 0 aliphatic carbocycles. The molecular weight excluding hydrogens is 348 g/mol. The Morgan fingerprint density at radius 3 is 2.44 bits per heavy atom. The number of esters is 1. The van der Waals surface area contributed by atoms with Crippen molar-refractivity contribution in [2.45, 2.75) is 33.5 Å². The van der Waals surface area contributed by atoms with E-state index in [-0.39, 0.29) is 17.1 Å². The second kappa shape index (κ2) is 7.22. The molecule has 0 spiro atoms. The highest BCUT2D eigenvalue weighted by atomic mass is 16.6. The molecule has 0 amide bonds. The van der Waals surface area contributed by atoms with E-state index in [9.17, 15) is 14.4 Å². The zero-order chi connectivity index (χ0) is 19.7. The van der Waals surface area contributed by atoms with Crippen molar-refractivity contribution in [3.8, 4) is 0 Å². The highest BCUT2D eigenvalue weighted by Gasteiger charge is 2.24. The number of fused-ring (bicyclic) bond motifs is 1. The summed E-state index contributed by atoms with van der Waals surface area (Å²) in [5.41, 5.74) is 0.282. The highest BCUT2D eigenvalue weighted by molar-refractivity contribution is 5.71. The molecule has 1 atom stereocenters. The van der Waals surface area contributed by atoms with Crippen LogP contribution in [0, 0.1) is 5.92 Å². The summed E-state index contributed by atoms with van der Waals surface area (Å²) < 4.78 is 9.52. The molecule has 3 aromatic rings. The molecule has 142 valence electrons. The highest BCUT2D eigenvalue weighted by Crippen LogP contribution is 2.23. The van der Waals surface area contributed by atoms with Gasteiger partial charge in [-0.25, -0.2) is 9.78 Å². The molecule has 1 aromatic carbocycles. The predicted molar refractivity (Wildman–Crippen MR) is 100 cm³/mol. The van der Waals surface area contributed by atoms with E-state index in [0.717, 1.165) is 4.57 Å². The summed E-state index contributed by atoms with van der Waals surface area (Å²) in [4.78, 5) is 41.4. The van der Waals surface area contributed by atoms with Crippen molar-refractivity contribution >= 4 is 17.1 Å². The molecule has 0 N–H and O–H groups in total. The second-order valence-electron chi connectivity index (χ2n) is 6.85. The summed E-state index contributed by atoms with van der Waals surface area (Å²) in [6.45, 7) is 5.68. The Bertz CT molecular complexity index is 1090. The van der Waals surface area contributed by atoms with Crippen LogP contribution in [0.1, 0.15) is 32.6 Å². The van der Waals surface area contributed by atoms with Crippen LogP contribution in [0.3, 0.4) is 0 Å². The Morgan fingerprint density at radius 2 is 1.85 bits per heavy atom. The number of carbonyl (C=O) groups is 1. The van der Waals surface area contributed by atoms with Crippen molar-refractivity contribution in [3.63, 3.8) is 0 Å². The van der Waals surface area contributed by atoms with Crippen molar-refractivity contribution in [2.24, 2.45) is 13.0 Å². The van der Waals surface area contributed by atoms with Gasteiger partial charge in [0, 0.05) is 26.1 Å². The van der Waals surface area contributed by atoms with Gasteiger partial charge in [0.1, 0.15) is 6.33 Å². The summed E-state index contributed by atoms with van der Waals surface area (Å²) >= 11 is 0. The van der Waals surface area contributed by atoms with Crippen molar-refractivity contribution in [2.75, 3.05) is 0 Å². The number of nitrogens with zero attached hydrogens (tertiary/aromatic N) is 4. The summed E-state index contributed by atoms with van der Waals surface area (Å²) in [7, 11) is 1.43. The van der Waals surface area contributed by atoms with E-state index < -0.39 is 23.4 Å². The molecule has 8 heteroatoms. The maximum Gasteiger partial charge on any atom is 0.332 e. The topological polar surface area (TPSA) is 88.1 Å². The fraction of sp³-hybridized carbons (Fsp3) is 0.368. The Balaban J connectivity index is 2.31. The smallest absolute Gasteiger partial charge is 0.332 e. The van der Waals surface area contributed by atoms with E-state index in [4.69, 9.17) is 4.74 Å². The monoisotopic (exact) mass is 370 g/mol. The first-order valence-electron chi connectivity index (χ1n) is 8.69. The number of aromatic nitrogens is 4. The maximum absolute atomic E-state index is 12.8. The fourth-order valence-corrected chi connectivity index (χ4v) is 3.04. The predicted octanol–water partition coefficient (Wildman–Crippen LogP) is 1.66. The molecule has 2 aromatic heterocycles. The van der Waals surface area contributed by atoms with E-state index in [0.29, 0.717) is 12.1 Å². The lowest BCUT2D eigenvalue weighted by molar-refractivity contribution is -0.148. The minimum Gasteiger partial charge on any atom is -0.437 e. The number of ether oxygens (including phenoxy) is 1. The van der Waals surface area contributed by atoms with Gasteiger partial charge in [-0.05, 0) is 5.92 Å². The molecule has 8 nitrogen and oxygen atoms in total. The molecule has 0 fully saturated rings. The number of imidazole rings is 1. The number of rotatable bonds is 5. The summed E-state index contributed by atoms with van der Waals surface area (Å²) in [6, 6.07) is 9.08. The van der Waals surface area contributed by atoms with Gasteiger partial charge in [0.2, 0.25) is 6.23 Å². The van der Waals surface area contributed by atoms with Gasteiger partial charge in [-0.1, -0.05) is 44.2 Å². The third-order valence-electron chi connectivity index (χ3n) is 4.22. The summed E-state index contributed by atoms with van der Waals surface area (Å²) in [5, 5.41) is 0. The Labute approximate surface area is 155 Å². The standard InChI is InChI=1S/C19H22N4O4/c1-12(2)10-22-16-15(17(25)21(4)19(22)26)23(11-20-16)18(27-13(3)24)14-8-6-5-7-9-14/h5-9,11-12,18H,10H2,1-4H3. The van der Waals surface area contributed by atoms with Gasteiger partial charge in [-0.3, -0.25) is 23.3 Å². The molecule has 0 aliphatic rings. The molecule has 2 heterocycles. The SMILES string of the molecule is CC(=O)OC(c1ccccc1)n1cnc2c1c(=O)n(C)c(=O)n2CC(C)C. The number of benzene rings is 1. The zero-order valence-corrected chi connectivity index (χ0v) is 15.7. The molecule has 0 bridgehead atoms. The summed E-state index contributed by atoms with van der Waals surface area (Å²) in [6.07, 6.45) is 0.578. The molecular formula is C19H22N4O4. The first-order chi connectivity index (χ1) is 12.8. The molecule has 0 radical (unpaired) electrons. The van der Waals surface area contributed by atoms with Crippen molar-refractivity contribution in [3.05, 3.63) is 63.1 Å². The largest absolute Gasteiger partial charge is 0.437 e. The minimum atomic E-state index is -0.855. The van der Waals surface area contributed by atoms with Gasteiger partial charge in [0.25, 0.3) is 5.56 Å². The summed E-state index contributed by atoms with van der Waals surface area (Å²) in [5.74, 6) is -0.301. The first-order valence-corrected chi connectivity index (χ1v) is 8.69. The number of hydrogen-bond acceptors (Lipinski definition) is 5. The van der Waals surface area contributed by atoms with Crippen LogP contribution in [0.15, 0.2) is 46.2 Å². The third-order valence-corrected chi connectivity index (χ3v) is 4.22. The minimum absolute atomic E-state index is 0.187. The average Bonchev–Trinajstić information content (AvgIpc) is 3.06. The van der Waals surface area contributed by atoms with Gasteiger partial charge in [-0.2, -0.15) is 0 Å². The van der Waals surface area contributed by atoms with E-state index >= 15 is 0 Å². The maximum atomic E-state index is 12.8. The first kappa shape index (κ1) is 18.6. The molecule has 0 saturated heterocycles. The van der Waals surface area contributed by atoms with E-state index in [1.165, 1.54) is 29.4 Å². The lowest BCUT2D eigenvalue weighted by atomic mass is 10.2. The van der Waals surface area contributed by atoms with Gasteiger partial charge >= 0.3 is 11.7 Å². The van der Waals surface area contributed by atoms with Crippen molar-refractivity contribution in [1.29, 1.82) is 0 Å². The van der Waals surface area contributed by atoms with Crippen molar-refractivity contribution in [1.82, 2.24) is 18.7 Å². The van der Waals surface area contributed by atoms with Crippen LogP contribution in [-0.2, 0) is 23.1 Å². The lowest BCUT2D eigenvalue weighted by Crippen LogP contribution is -2.39. The van der Waals surface area contributed by atoms with E-state index in [1.54, 1.807) is 12.1 Å². The molecule has 0 aliphatic heterocycles. The van der Waals surface area contributed by atoms with Crippen LogP contribution in [0.2, 0.25) is 0 Å². The quantitative estimate of drug-likeness (QED) is 0.638. The van der Waals surface area contributed by atoms with E-state index in [2.05, 4.69) is 4.98 Å². The van der Waals surface area contributed by atoms with Gasteiger partial charge in [-0.15, -0.1) is 0 Å². The fourth-order valence-electron chi connectivity index (χ4n) is 3.04. The average molecular weight is 370 g/mol. The second-order valence-corrected chi connectivity index (χ2v) is 6.85. The van der Waals surface area contributed by atoms with Crippen LogP contribution >= 0.6 is 0 Å². The molecule has 27 heavy (non-hydrogen) atoms. The normalized spacial score (nSPS) is 12.5. The third kappa shape index (κ3) is 3.42. The number of carbonyl (C=O) groups excluding carboxylic acids is 1.